The molecule has 2 aromatic carbocycles. The Labute approximate surface area is 185 Å². The molecule has 31 heavy (non-hydrogen) atoms. The first-order chi connectivity index (χ1) is 15.1. The third-order valence-electron chi connectivity index (χ3n) is 7.11. The highest BCUT2D eigenvalue weighted by Crippen LogP contribution is 2.51. The Balaban J connectivity index is 1.67. The maximum atomic E-state index is 13.5. The molecule has 1 saturated heterocycles. The molecule has 2 aromatic rings. The van der Waals surface area contributed by atoms with E-state index in [2.05, 4.69) is 12.1 Å². The van der Waals surface area contributed by atoms with Gasteiger partial charge in [0.25, 0.3) is 0 Å². The minimum atomic E-state index is -0.729. The Morgan fingerprint density at radius 3 is 2.65 bits per heavy atom. The van der Waals surface area contributed by atoms with Crippen LogP contribution in [0.15, 0.2) is 48.5 Å². The fourth-order valence-electron chi connectivity index (χ4n) is 5.46. The van der Waals surface area contributed by atoms with Crippen molar-refractivity contribution in [2.75, 3.05) is 20.8 Å². The summed E-state index contributed by atoms with van der Waals surface area (Å²) in [5.74, 6) is 1.60. The van der Waals surface area contributed by atoms with Crippen LogP contribution in [0, 0.1) is 5.92 Å². The number of benzene rings is 2. The predicted molar refractivity (Wildman–Crippen MR) is 120 cm³/mol. The molecule has 5 heteroatoms. The average Bonchev–Trinajstić information content (AvgIpc) is 2.81. The van der Waals surface area contributed by atoms with Gasteiger partial charge >= 0.3 is 0 Å². The molecule has 4 rings (SSSR count). The SMILES string of the molecule is COc1ccc(OC)c([C@H]2C3CCCCC3(O)CCN2C(=O)CCc2ccccc2)c1. The molecule has 166 valence electrons. The van der Waals surface area contributed by atoms with Gasteiger partial charge in [0.05, 0.1) is 25.9 Å². The van der Waals surface area contributed by atoms with Gasteiger partial charge in [0, 0.05) is 24.4 Å². The van der Waals surface area contributed by atoms with Crippen molar-refractivity contribution in [1.82, 2.24) is 4.90 Å². The highest BCUT2D eigenvalue weighted by atomic mass is 16.5. The summed E-state index contributed by atoms with van der Waals surface area (Å²) in [6, 6.07) is 15.7. The molecule has 1 amide bonds. The second-order valence-electron chi connectivity index (χ2n) is 8.83. The number of nitrogens with zero attached hydrogens (tertiary/aromatic N) is 1. The lowest BCUT2D eigenvalue weighted by Crippen LogP contribution is -2.56. The Morgan fingerprint density at radius 2 is 1.90 bits per heavy atom. The fraction of sp³-hybridized carbons (Fsp3) is 0.500. The van der Waals surface area contributed by atoms with Crippen LogP contribution in [-0.2, 0) is 11.2 Å². The number of amides is 1. The lowest BCUT2D eigenvalue weighted by Gasteiger charge is -2.52. The van der Waals surface area contributed by atoms with E-state index in [1.54, 1.807) is 14.2 Å². The quantitative estimate of drug-likeness (QED) is 0.742. The molecule has 0 radical (unpaired) electrons. The average molecular weight is 424 g/mol. The number of carbonyl (C=O) groups is 1. The van der Waals surface area contributed by atoms with E-state index in [0.717, 1.165) is 48.3 Å². The van der Waals surface area contributed by atoms with Crippen LogP contribution in [0.2, 0.25) is 0 Å². The number of hydrogen-bond acceptors (Lipinski definition) is 4. The molecule has 1 aliphatic heterocycles. The smallest absolute Gasteiger partial charge is 0.223 e. The molecule has 3 atom stereocenters. The lowest BCUT2D eigenvalue weighted by molar-refractivity contribution is -0.155. The normalized spacial score (nSPS) is 25.6. The van der Waals surface area contributed by atoms with Crippen molar-refractivity contribution < 1.29 is 19.4 Å². The van der Waals surface area contributed by atoms with E-state index in [1.165, 1.54) is 0 Å². The van der Waals surface area contributed by atoms with Crippen molar-refractivity contribution in [2.45, 2.75) is 56.6 Å². The van der Waals surface area contributed by atoms with E-state index in [0.29, 0.717) is 25.8 Å². The minimum absolute atomic E-state index is 0.00307. The number of rotatable bonds is 6. The maximum Gasteiger partial charge on any atom is 0.223 e. The topological polar surface area (TPSA) is 59.0 Å². The van der Waals surface area contributed by atoms with Crippen molar-refractivity contribution >= 4 is 5.91 Å². The molecular formula is C26H33NO4. The predicted octanol–water partition coefficient (Wildman–Crippen LogP) is 4.53. The number of likely N-dealkylation sites (tertiary alicyclic amines) is 1. The molecule has 0 spiro atoms. The minimum Gasteiger partial charge on any atom is -0.497 e. The first-order valence-corrected chi connectivity index (χ1v) is 11.3. The summed E-state index contributed by atoms with van der Waals surface area (Å²) in [5, 5.41) is 11.5. The van der Waals surface area contributed by atoms with Crippen LogP contribution >= 0.6 is 0 Å². The second-order valence-corrected chi connectivity index (χ2v) is 8.83. The van der Waals surface area contributed by atoms with E-state index >= 15 is 0 Å². The number of fused-ring (bicyclic) bond motifs is 1. The zero-order valence-electron chi connectivity index (χ0n) is 18.5. The number of piperidine rings is 1. The van der Waals surface area contributed by atoms with E-state index in [-0.39, 0.29) is 17.9 Å². The Kier molecular flexibility index (Phi) is 6.51. The van der Waals surface area contributed by atoms with Gasteiger partial charge < -0.3 is 19.5 Å². The Bertz CT molecular complexity index is 900. The van der Waals surface area contributed by atoms with Gasteiger partial charge in [-0.1, -0.05) is 43.2 Å². The third-order valence-corrected chi connectivity index (χ3v) is 7.11. The van der Waals surface area contributed by atoms with Crippen LogP contribution in [0.4, 0.5) is 0 Å². The molecule has 1 aliphatic carbocycles. The van der Waals surface area contributed by atoms with Gasteiger partial charge in [-0.2, -0.15) is 0 Å². The first kappa shape index (κ1) is 21.7. The zero-order valence-corrected chi connectivity index (χ0v) is 18.5. The number of methoxy groups -OCH3 is 2. The highest BCUT2D eigenvalue weighted by molar-refractivity contribution is 5.77. The van der Waals surface area contributed by atoms with Crippen LogP contribution in [0.25, 0.3) is 0 Å². The number of hydrogen-bond donors (Lipinski definition) is 1. The van der Waals surface area contributed by atoms with Crippen LogP contribution < -0.4 is 9.47 Å². The van der Waals surface area contributed by atoms with Gasteiger partial charge in [0.1, 0.15) is 11.5 Å². The summed E-state index contributed by atoms with van der Waals surface area (Å²) in [7, 11) is 3.30. The largest absolute Gasteiger partial charge is 0.497 e. The van der Waals surface area contributed by atoms with E-state index in [4.69, 9.17) is 9.47 Å². The summed E-state index contributed by atoms with van der Waals surface area (Å²) < 4.78 is 11.2. The second kappa shape index (κ2) is 9.31. The van der Waals surface area contributed by atoms with Gasteiger partial charge in [-0.15, -0.1) is 0 Å². The van der Waals surface area contributed by atoms with Crippen LogP contribution in [0.5, 0.6) is 11.5 Å². The fourth-order valence-corrected chi connectivity index (χ4v) is 5.46. The van der Waals surface area contributed by atoms with Gasteiger partial charge in [-0.05, 0) is 49.4 Å². The molecule has 2 unspecified atom stereocenters. The van der Waals surface area contributed by atoms with E-state index < -0.39 is 5.60 Å². The van der Waals surface area contributed by atoms with Crippen molar-refractivity contribution in [3.63, 3.8) is 0 Å². The van der Waals surface area contributed by atoms with Crippen LogP contribution in [-0.4, -0.2) is 42.3 Å². The zero-order chi connectivity index (χ0) is 21.8. The lowest BCUT2D eigenvalue weighted by atomic mass is 9.66. The molecule has 5 nitrogen and oxygen atoms in total. The Morgan fingerprint density at radius 1 is 1.10 bits per heavy atom. The molecule has 0 bridgehead atoms. The Hall–Kier alpha value is -2.53. The van der Waals surface area contributed by atoms with Crippen molar-refractivity contribution in [3.8, 4) is 11.5 Å². The number of carbonyl (C=O) groups excluding carboxylic acids is 1. The molecular weight excluding hydrogens is 390 g/mol. The summed E-state index contributed by atoms with van der Waals surface area (Å²) in [5.41, 5.74) is 1.37. The maximum absolute atomic E-state index is 13.5. The standard InChI is InChI=1S/C26H33NO4/c1-30-20-12-13-23(31-2)21(18-20)25-22-10-6-7-15-26(22,29)16-17-27(25)24(28)14-11-19-8-4-3-5-9-19/h3-5,8-9,12-13,18,22,25,29H,6-7,10-11,14-17H2,1-2H3/t22?,25-,26?/m0/s1. The highest BCUT2D eigenvalue weighted by Gasteiger charge is 2.50. The van der Waals surface area contributed by atoms with Crippen molar-refractivity contribution in [1.29, 1.82) is 0 Å². The van der Waals surface area contributed by atoms with Crippen molar-refractivity contribution in [3.05, 3.63) is 59.7 Å². The molecule has 1 N–H and O–H groups in total. The van der Waals surface area contributed by atoms with Gasteiger partial charge in [0.15, 0.2) is 0 Å². The first-order valence-electron chi connectivity index (χ1n) is 11.3. The number of aryl methyl sites for hydroxylation is 1. The molecule has 2 aliphatic rings. The molecule has 1 saturated carbocycles. The monoisotopic (exact) mass is 423 g/mol. The van der Waals surface area contributed by atoms with Gasteiger partial charge in [0.2, 0.25) is 5.91 Å². The van der Waals surface area contributed by atoms with Gasteiger partial charge in [-0.25, -0.2) is 0 Å². The molecule has 2 fully saturated rings. The summed E-state index contributed by atoms with van der Waals surface area (Å²) in [4.78, 5) is 15.5. The van der Waals surface area contributed by atoms with Crippen molar-refractivity contribution in [2.24, 2.45) is 5.92 Å². The molecule has 0 aromatic heterocycles. The van der Waals surface area contributed by atoms with Crippen LogP contribution in [0.1, 0.15) is 55.7 Å². The van der Waals surface area contributed by atoms with Gasteiger partial charge in [-0.3, -0.25) is 4.79 Å². The summed E-state index contributed by atoms with van der Waals surface area (Å²) in [6.07, 6.45) is 5.62. The number of ether oxygens (including phenoxy) is 2. The third kappa shape index (κ3) is 4.42. The van der Waals surface area contributed by atoms with E-state index in [1.807, 2.05) is 41.3 Å². The molecule has 1 heterocycles. The summed E-state index contributed by atoms with van der Waals surface area (Å²) >= 11 is 0. The summed E-state index contributed by atoms with van der Waals surface area (Å²) in [6.45, 7) is 0.561. The number of aliphatic hydroxyl groups is 1. The van der Waals surface area contributed by atoms with Crippen LogP contribution in [0.3, 0.4) is 0 Å². The van der Waals surface area contributed by atoms with E-state index in [9.17, 15) is 9.90 Å².